The standard InChI is InChI=1S/C14H23N3O/c15-13(18)17-10-4-6-12-14(9-5-11-16-12)7-2-1-3-8-14/h2,4,6-7,12,16H,1,3,5,8-11H2,(H3,15,17,18). The van der Waals surface area contributed by atoms with E-state index in [9.17, 15) is 4.79 Å². The molecule has 1 fully saturated rings. The van der Waals surface area contributed by atoms with E-state index in [2.05, 4.69) is 28.9 Å². The quantitative estimate of drug-likeness (QED) is 0.666. The van der Waals surface area contributed by atoms with Crippen molar-refractivity contribution in [2.45, 2.75) is 38.1 Å². The van der Waals surface area contributed by atoms with Gasteiger partial charge in [-0.15, -0.1) is 0 Å². The zero-order chi connectivity index (χ0) is 12.8. The van der Waals surface area contributed by atoms with Crippen LogP contribution < -0.4 is 16.4 Å². The predicted octanol–water partition coefficient (Wildman–Crippen LogP) is 1.69. The summed E-state index contributed by atoms with van der Waals surface area (Å²) in [5.41, 5.74) is 5.33. The molecule has 0 aromatic heterocycles. The van der Waals surface area contributed by atoms with Crippen LogP contribution in [0, 0.1) is 5.41 Å². The van der Waals surface area contributed by atoms with Gasteiger partial charge in [-0.2, -0.15) is 0 Å². The minimum absolute atomic E-state index is 0.291. The molecular formula is C14H23N3O. The van der Waals surface area contributed by atoms with Gasteiger partial charge in [0, 0.05) is 18.0 Å². The number of amides is 2. The molecule has 0 saturated carbocycles. The molecule has 2 atom stereocenters. The summed E-state index contributed by atoms with van der Waals surface area (Å²) >= 11 is 0. The van der Waals surface area contributed by atoms with Gasteiger partial charge in [0.05, 0.1) is 0 Å². The summed E-state index contributed by atoms with van der Waals surface area (Å²) in [6.07, 6.45) is 15.2. The summed E-state index contributed by atoms with van der Waals surface area (Å²) in [5.74, 6) is 0. The van der Waals surface area contributed by atoms with Gasteiger partial charge in [-0.05, 0) is 38.6 Å². The Bertz CT molecular complexity index is 351. The van der Waals surface area contributed by atoms with E-state index in [0.29, 0.717) is 18.0 Å². The molecule has 2 amide bonds. The van der Waals surface area contributed by atoms with Crippen molar-refractivity contribution in [2.24, 2.45) is 11.1 Å². The molecule has 1 aliphatic carbocycles. The van der Waals surface area contributed by atoms with Crippen molar-refractivity contribution in [1.29, 1.82) is 0 Å². The third-order valence-corrected chi connectivity index (χ3v) is 3.99. The van der Waals surface area contributed by atoms with Crippen molar-refractivity contribution in [3.05, 3.63) is 24.3 Å². The molecule has 0 bridgehead atoms. The Morgan fingerprint density at radius 1 is 1.50 bits per heavy atom. The van der Waals surface area contributed by atoms with E-state index in [4.69, 9.17) is 5.73 Å². The van der Waals surface area contributed by atoms with Gasteiger partial charge in [0.1, 0.15) is 0 Å². The molecule has 2 aliphatic rings. The summed E-state index contributed by atoms with van der Waals surface area (Å²) < 4.78 is 0. The third kappa shape index (κ3) is 3.13. The lowest BCUT2D eigenvalue weighted by atomic mass is 9.68. The monoisotopic (exact) mass is 249 g/mol. The van der Waals surface area contributed by atoms with E-state index in [1.165, 1.54) is 32.1 Å². The minimum Gasteiger partial charge on any atom is -0.352 e. The number of carbonyl (C=O) groups is 1. The predicted molar refractivity (Wildman–Crippen MR) is 73.2 cm³/mol. The van der Waals surface area contributed by atoms with Gasteiger partial charge < -0.3 is 16.4 Å². The van der Waals surface area contributed by atoms with Crippen LogP contribution in [0.15, 0.2) is 24.3 Å². The van der Waals surface area contributed by atoms with Gasteiger partial charge in [0.2, 0.25) is 0 Å². The van der Waals surface area contributed by atoms with E-state index in [1.54, 1.807) is 0 Å². The molecule has 0 aromatic carbocycles. The van der Waals surface area contributed by atoms with Gasteiger partial charge >= 0.3 is 6.03 Å². The Balaban J connectivity index is 1.97. The maximum Gasteiger partial charge on any atom is 0.312 e. The first kappa shape index (κ1) is 13.1. The topological polar surface area (TPSA) is 67.2 Å². The summed E-state index contributed by atoms with van der Waals surface area (Å²) in [7, 11) is 0. The number of urea groups is 1. The lowest BCUT2D eigenvalue weighted by Gasteiger charge is -2.43. The van der Waals surface area contributed by atoms with E-state index < -0.39 is 6.03 Å². The Morgan fingerprint density at radius 3 is 3.06 bits per heavy atom. The fraction of sp³-hybridized carbons (Fsp3) is 0.643. The molecule has 4 heteroatoms. The van der Waals surface area contributed by atoms with Crippen LogP contribution in [0.3, 0.4) is 0 Å². The van der Waals surface area contributed by atoms with Gasteiger partial charge in [-0.3, -0.25) is 0 Å². The van der Waals surface area contributed by atoms with Crippen LogP contribution in [-0.4, -0.2) is 25.2 Å². The Hall–Kier alpha value is -1.29. The molecule has 100 valence electrons. The van der Waals surface area contributed by atoms with E-state index in [0.717, 1.165) is 6.54 Å². The number of nitrogens with two attached hydrogens (primary N) is 1. The molecular weight excluding hydrogens is 226 g/mol. The molecule has 1 aliphatic heterocycles. The molecule has 4 N–H and O–H groups in total. The van der Waals surface area contributed by atoms with E-state index >= 15 is 0 Å². The Kier molecular flexibility index (Phi) is 4.42. The summed E-state index contributed by atoms with van der Waals surface area (Å²) in [4.78, 5) is 10.6. The fourth-order valence-corrected chi connectivity index (χ4v) is 3.08. The minimum atomic E-state index is -0.469. The van der Waals surface area contributed by atoms with E-state index in [-0.39, 0.29) is 0 Å². The van der Waals surface area contributed by atoms with Crippen LogP contribution in [0.1, 0.15) is 32.1 Å². The highest BCUT2D eigenvalue weighted by Gasteiger charge is 2.37. The second-order valence-electron chi connectivity index (χ2n) is 5.24. The van der Waals surface area contributed by atoms with Crippen molar-refractivity contribution >= 4 is 6.03 Å². The highest BCUT2D eigenvalue weighted by Crippen LogP contribution is 2.41. The number of nitrogens with one attached hydrogen (secondary N) is 2. The normalized spacial score (nSPS) is 31.9. The average Bonchev–Trinajstić information content (AvgIpc) is 2.37. The van der Waals surface area contributed by atoms with Crippen LogP contribution in [0.2, 0.25) is 0 Å². The number of hydrogen-bond acceptors (Lipinski definition) is 2. The molecule has 4 nitrogen and oxygen atoms in total. The first-order valence-corrected chi connectivity index (χ1v) is 6.84. The number of carbonyl (C=O) groups excluding carboxylic acids is 1. The zero-order valence-electron chi connectivity index (χ0n) is 10.8. The van der Waals surface area contributed by atoms with Crippen molar-refractivity contribution in [1.82, 2.24) is 10.6 Å². The van der Waals surface area contributed by atoms with Crippen molar-refractivity contribution in [2.75, 3.05) is 13.1 Å². The Morgan fingerprint density at radius 2 is 2.33 bits per heavy atom. The fourth-order valence-electron chi connectivity index (χ4n) is 3.08. The number of primary amides is 1. The zero-order valence-corrected chi connectivity index (χ0v) is 10.8. The molecule has 18 heavy (non-hydrogen) atoms. The van der Waals surface area contributed by atoms with E-state index in [1.807, 2.05) is 6.08 Å². The summed E-state index contributed by atoms with van der Waals surface area (Å²) in [5, 5.41) is 6.17. The van der Waals surface area contributed by atoms with Crippen LogP contribution >= 0.6 is 0 Å². The molecule has 1 saturated heterocycles. The van der Waals surface area contributed by atoms with Crippen LogP contribution in [0.25, 0.3) is 0 Å². The maximum atomic E-state index is 10.6. The molecule has 0 radical (unpaired) electrons. The SMILES string of the molecule is NC(=O)NCC=CC1NCCCC12C=CCCC2. The number of allylic oxidation sites excluding steroid dienone is 1. The van der Waals surface area contributed by atoms with Crippen LogP contribution in [-0.2, 0) is 0 Å². The largest absolute Gasteiger partial charge is 0.352 e. The van der Waals surface area contributed by atoms with Crippen LogP contribution in [0.5, 0.6) is 0 Å². The number of rotatable bonds is 3. The maximum absolute atomic E-state index is 10.6. The first-order valence-electron chi connectivity index (χ1n) is 6.84. The highest BCUT2D eigenvalue weighted by atomic mass is 16.2. The third-order valence-electron chi connectivity index (χ3n) is 3.99. The second-order valence-corrected chi connectivity index (χ2v) is 5.24. The molecule has 1 heterocycles. The smallest absolute Gasteiger partial charge is 0.312 e. The van der Waals surface area contributed by atoms with Crippen molar-refractivity contribution in [3.8, 4) is 0 Å². The first-order chi connectivity index (χ1) is 8.73. The Labute approximate surface area is 109 Å². The molecule has 1 spiro atoms. The molecule has 2 rings (SSSR count). The highest BCUT2D eigenvalue weighted by molar-refractivity contribution is 5.71. The van der Waals surface area contributed by atoms with Gasteiger partial charge in [-0.1, -0.05) is 24.3 Å². The second kappa shape index (κ2) is 6.05. The molecule has 0 aromatic rings. The molecule has 2 unspecified atom stereocenters. The van der Waals surface area contributed by atoms with Gasteiger partial charge in [0.25, 0.3) is 0 Å². The van der Waals surface area contributed by atoms with Crippen molar-refractivity contribution < 1.29 is 4.79 Å². The average molecular weight is 249 g/mol. The van der Waals surface area contributed by atoms with Crippen molar-refractivity contribution in [3.63, 3.8) is 0 Å². The summed E-state index contributed by atoms with van der Waals surface area (Å²) in [6.45, 7) is 1.58. The summed E-state index contributed by atoms with van der Waals surface area (Å²) in [6, 6.07) is -0.0824. The number of piperidine rings is 1. The van der Waals surface area contributed by atoms with Crippen LogP contribution in [0.4, 0.5) is 4.79 Å². The van der Waals surface area contributed by atoms with Gasteiger partial charge in [0.15, 0.2) is 0 Å². The number of hydrogen-bond donors (Lipinski definition) is 3. The van der Waals surface area contributed by atoms with Gasteiger partial charge in [-0.25, -0.2) is 4.79 Å². The lowest BCUT2D eigenvalue weighted by Crippen LogP contribution is -2.48. The lowest BCUT2D eigenvalue weighted by molar-refractivity contribution is 0.199.